The number of nitrogens with zero attached hydrogens (tertiary/aromatic N) is 2. The van der Waals surface area contributed by atoms with Crippen LogP contribution in [0.25, 0.3) is 0 Å². The van der Waals surface area contributed by atoms with Gasteiger partial charge in [0.2, 0.25) is 5.91 Å². The smallest absolute Gasteiger partial charge is 0.225 e. The molecule has 1 amide bonds. The van der Waals surface area contributed by atoms with Gasteiger partial charge in [-0.2, -0.15) is 5.10 Å². The summed E-state index contributed by atoms with van der Waals surface area (Å²) in [5.74, 6) is 1.32. The molecule has 3 rings (SSSR count). The van der Waals surface area contributed by atoms with E-state index in [0.717, 1.165) is 37.9 Å². The number of benzene rings is 1. The summed E-state index contributed by atoms with van der Waals surface area (Å²) in [6, 6.07) is 7.18. The fourth-order valence-corrected chi connectivity index (χ4v) is 3.63. The Bertz CT molecular complexity index is 705. The maximum atomic E-state index is 12.3. The lowest BCUT2D eigenvalue weighted by Crippen LogP contribution is -2.28. The van der Waals surface area contributed by atoms with Gasteiger partial charge in [0, 0.05) is 28.1 Å². The van der Waals surface area contributed by atoms with Crippen LogP contribution < -0.4 is 10.6 Å². The second-order valence-corrected chi connectivity index (χ2v) is 7.17. The summed E-state index contributed by atoms with van der Waals surface area (Å²) in [4.78, 5) is 12.3. The van der Waals surface area contributed by atoms with Crippen LogP contribution in [0.5, 0.6) is 0 Å². The zero-order valence-corrected chi connectivity index (χ0v) is 15.5. The van der Waals surface area contributed by atoms with Gasteiger partial charge in [-0.25, -0.2) is 4.68 Å². The molecule has 7 heteroatoms. The van der Waals surface area contributed by atoms with Gasteiger partial charge in [0.25, 0.3) is 0 Å². The quantitative estimate of drug-likeness (QED) is 0.797. The molecule has 1 aliphatic rings. The van der Waals surface area contributed by atoms with Gasteiger partial charge in [-0.05, 0) is 50.4 Å². The van der Waals surface area contributed by atoms with Crippen LogP contribution in [-0.4, -0.2) is 28.8 Å². The van der Waals surface area contributed by atoms with Gasteiger partial charge < -0.3 is 10.6 Å². The number of halogens is 2. The van der Waals surface area contributed by atoms with Gasteiger partial charge >= 0.3 is 0 Å². The summed E-state index contributed by atoms with van der Waals surface area (Å²) in [6.45, 7) is 2.52. The summed E-state index contributed by atoms with van der Waals surface area (Å²) < 4.78 is 1.70. The molecular formula is C18H22Cl2N4O. The highest BCUT2D eigenvalue weighted by atomic mass is 35.5. The fraction of sp³-hybridized carbons (Fsp3) is 0.444. The van der Waals surface area contributed by atoms with Crippen LogP contribution in [0.3, 0.4) is 0 Å². The van der Waals surface area contributed by atoms with Crippen LogP contribution in [0.4, 0.5) is 5.82 Å². The molecule has 0 spiro atoms. The van der Waals surface area contributed by atoms with Crippen molar-refractivity contribution in [3.8, 4) is 0 Å². The largest absolute Gasteiger partial charge is 0.317 e. The summed E-state index contributed by atoms with van der Waals surface area (Å²) in [6.07, 6.45) is 5.42. The molecule has 1 saturated heterocycles. The molecule has 0 bridgehead atoms. The molecule has 2 heterocycles. The molecule has 25 heavy (non-hydrogen) atoms. The number of aromatic nitrogens is 2. The minimum absolute atomic E-state index is 0.0190. The van der Waals surface area contributed by atoms with Crippen molar-refractivity contribution in [2.45, 2.75) is 32.2 Å². The van der Waals surface area contributed by atoms with Crippen LogP contribution >= 0.6 is 23.2 Å². The highest BCUT2D eigenvalue weighted by Crippen LogP contribution is 2.26. The Morgan fingerprint density at radius 3 is 2.68 bits per heavy atom. The van der Waals surface area contributed by atoms with Crippen molar-refractivity contribution in [1.29, 1.82) is 0 Å². The Balaban J connectivity index is 1.58. The van der Waals surface area contributed by atoms with Crippen molar-refractivity contribution < 1.29 is 4.79 Å². The number of rotatable bonds is 6. The Kier molecular flexibility index (Phi) is 6.34. The first-order chi connectivity index (χ1) is 12.1. The molecule has 0 radical (unpaired) electrons. The molecule has 0 aliphatic carbocycles. The van der Waals surface area contributed by atoms with E-state index in [2.05, 4.69) is 15.7 Å². The van der Waals surface area contributed by atoms with E-state index < -0.39 is 0 Å². The van der Waals surface area contributed by atoms with E-state index in [0.29, 0.717) is 34.7 Å². The topological polar surface area (TPSA) is 59.0 Å². The van der Waals surface area contributed by atoms with E-state index in [1.165, 1.54) is 0 Å². The molecule has 5 nitrogen and oxygen atoms in total. The molecule has 1 aliphatic heterocycles. The second kappa shape index (κ2) is 8.70. The maximum absolute atomic E-state index is 12.3. The lowest BCUT2D eigenvalue weighted by Gasteiger charge is -2.22. The van der Waals surface area contributed by atoms with Crippen LogP contribution in [0.1, 0.15) is 31.2 Å². The zero-order chi connectivity index (χ0) is 17.6. The van der Waals surface area contributed by atoms with Gasteiger partial charge in [0.1, 0.15) is 5.82 Å². The normalized spacial score (nSPS) is 15.3. The number of carbonyl (C=O) groups is 1. The predicted molar refractivity (Wildman–Crippen MR) is 101 cm³/mol. The zero-order valence-electron chi connectivity index (χ0n) is 14.0. The Morgan fingerprint density at radius 2 is 1.96 bits per heavy atom. The minimum Gasteiger partial charge on any atom is -0.317 e. The van der Waals surface area contributed by atoms with Crippen molar-refractivity contribution >= 4 is 34.9 Å². The SMILES string of the molecule is O=C(CCC1CCNCC1)Nc1ccnn1Cc1c(Cl)cccc1Cl. The molecule has 0 unspecified atom stereocenters. The molecule has 1 aromatic carbocycles. The molecule has 2 aromatic rings. The molecule has 0 atom stereocenters. The van der Waals surface area contributed by atoms with Crippen molar-refractivity contribution in [2.75, 3.05) is 18.4 Å². The highest BCUT2D eigenvalue weighted by molar-refractivity contribution is 6.35. The molecule has 0 saturated carbocycles. The monoisotopic (exact) mass is 380 g/mol. The lowest BCUT2D eigenvalue weighted by molar-refractivity contribution is -0.116. The average Bonchev–Trinajstić information content (AvgIpc) is 3.04. The number of anilines is 1. The number of piperidine rings is 1. The van der Waals surface area contributed by atoms with Crippen molar-refractivity contribution in [2.24, 2.45) is 5.92 Å². The third kappa shape index (κ3) is 4.97. The minimum atomic E-state index is 0.0190. The maximum Gasteiger partial charge on any atom is 0.225 e. The molecule has 1 fully saturated rings. The van der Waals surface area contributed by atoms with Crippen molar-refractivity contribution in [3.05, 3.63) is 46.1 Å². The van der Waals surface area contributed by atoms with Gasteiger partial charge in [-0.1, -0.05) is 29.3 Å². The molecule has 1 aromatic heterocycles. The average molecular weight is 381 g/mol. The fourth-order valence-electron chi connectivity index (χ4n) is 3.11. The first-order valence-corrected chi connectivity index (χ1v) is 9.34. The first-order valence-electron chi connectivity index (χ1n) is 8.59. The summed E-state index contributed by atoms with van der Waals surface area (Å²) in [5, 5.41) is 11.7. The van der Waals surface area contributed by atoms with Gasteiger partial charge in [0.05, 0.1) is 12.7 Å². The number of hydrogen-bond donors (Lipinski definition) is 2. The second-order valence-electron chi connectivity index (χ2n) is 6.35. The summed E-state index contributed by atoms with van der Waals surface area (Å²) >= 11 is 12.4. The van der Waals surface area contributed by atoms with E-state index in [-0.39, 0.29) is 5.91 Å². The van der Waals surface area contributed by atoms with E-state index in [1.54, 1.807) is 35.1 Å². The lowest BCUT2D eigenvalue weighted by atomic mass is 9.93. The van der Waals surface area contributed by atoms with Crippen LogP contribution in [0.2, 0.25) is 10.0 Å². The van der Waals surface area contributed by atoms with Gasteiger partial charge in [-0.3, -0.25) is 4.79 Å². The molecule has 2 N–H and O–H groups in total. The van der Waals surface area contributed by atoms with Gasteiger partial charge in [-0.15, -0.1) is 0 Å². The summed E-state index contributed by atoms with van der Waals surface area (Å²) in [5.41, 5.74) is 0.791. The number of nitrogens with one attached hydrogen (secondary N) is 2. The molecule has 134 valence electrons. The number of carbonyl (C=O) groups excluding carboxylic acids is 1. The van der Waals surface area contributed by atoms with E-state index in [9.17, 15) is 4.79 Å². The van der Waals surface area contributed by atoms with Gasteiger partial charge in [0.15, 0.2) is 0 Å². The van der Waals surface area contributed by atoms with E-state index >= 15 is 0 Å². The van der Waals surface area contributed by atoms with Crippen molar-refractivity contribution in [1.82, 2.24) is 15.1 Å². The Hall–Kier alpha value is -1.56. The first kappa shape index (κ1) is 18.2. The highest BCUT2D eigenvalue weighted by Gasteiger charge is 2.16. The third-order valence-corrected chi connectivity index (χ3v) is 5.30. The third-order valence-electron chi connectivity index (χ3n) is 4.59. The predicted octanol–water partition coefficient (Wildman–Crippen LogP) is 3.96. The molecular weight excluding hydrogens is 359 g/mol. The standard InChI is InChI=1S/C18H22Cl2N4O/c19-15-2-1-3-16(20)14(15)12-24-17(8-11-22-24)23-18(25)5-4-13-6-9-21-10-7-13/h1-3,8,11,13,21H,4-7,9-10,12H2,(H,23,25). The van der Waals surface area contributed by atoms with Crippen LogP contribution in [-0.2, 0) is 11.3 Å². The van der Waals surface area contributed by atoms with Crippen LogP contribution in [0.15, 0.2) is 30.5 Å². The number of hydrogen-bond acceptors (Lipinski definition) is 3. The van der Waals surface area contributed by atoms with Crippen LogP contribution in [0, 0.1) is 5.92 Å². The number of amides is 1. The van der Waals surface area contributed by atoms with Crippen molar-refractivity contribution in [3.63, 3.8) is 0 Å². The Labute approximate surface area is 157 Å². The van der Waals surface area contributed by atoms with E-state index in [1.807, 2.05) is 0 Å². The van der Waals surface area contributed by atoms with E-state index in [4.69, 9.17) is 23.2 Å². The Morgan fingerprint density at radius 1 is 1.24 bits per heavy atom. The summed E-state index contributed by atoms with van der Waals surface area (Å²) in [7, 11) is 0.